The van der Waals surface area contributed by atoms with E-state index in [9.17, 15) is 14.7 Å². The molecule has 3 aromatic carbocycles. The Morgan fingerprint density at radius 3 is 2.32 bits per heavy atom. The number of hydrogen-bond acceptors (Lipinski definition) is 4. The number of rotatable bonds is 8. The van der Waals surface area contributed by atoms with Crippen molar-refractivity contribution in [1.29, 1.82) is 0 Å². The zero-order valence-corrected chi connectivity index (χ0v) is 21.3. The van der Waals surface area contributed by atoms with Gasteiger partial charge in [-0.25, -0.2) is 4.79 Å². The Morgan fingerprint density at radius 2 is 1.65 bits per heavy atom. The molecule has 1 amide bonds. The molecule has 2 aliphatic rings. The fraction of sp³-hybridized carbons (Fsp3) is 0.323. The Morgan fingerprint density at radius 1 is 0.946 bits per heavy atom. The molecule has 0 bridgehead atoms. The average Bonchev–Trinajstić information content (AvgIpc) is 3.46. The Hall–Kier alpha value is -3.93. The molecule has 1 aliphatic heterocycles. The van der Waals surface area contributed by atoms with Gasteiger partial charge < -0.3 is 9.84 Å². The van der Waals surface area contributed by atoms with Gasteiger partial charge in [0.25, 0.3) is 5.91 Å². The molecule has 6 heteroatoms. The lowest BCUT2D eigenvalue weighted by atomic mass is 9.98. The molecule has 0 aromatic heterocycles. The van der Waals surface area contributed by atoms with Crippen molar-refractivity contribution in [3.63, 3.8) is 0 Å². The van der Waals surface area contributed by atoms with E-state index in [1.807, 2.05) is 65.6 Å². The highest BCUT2D eigenvalue weighted by Crippen LogP contribution is 2.40. The van der Waals surface area contributed by atoms with E-state index in [1.54, 1.807) is 6.07 Å². The van der Waals surface area contributed by atoms with Crippen molar-refractivity contribution in [2.45, 2.75) is 63.6 Å². The number of carboxylic acid groups (broad SMARTS) is 1. The van der Waals surface area contributed by atoms with Crippen molar-refractivity contribution in [2.75, 3.05) is 0 Å². The highest BCUT2D eigenvalue weighted by molar-refractivity contribution is 6.09. The molecule has 0 radical (unpaired) electrons. The van der Waals surface area contributed by atoms with Crippen molar-refractivity contribution in [3.05, 3.63) is 90.0 Å². The van der Waals surface area contributed by atoms with Gasteiger partial charge in [-0.15, -0.1) is 0 Å². The second-order valence-corrected chi connectivity index (χ2v) is 10.5. The van der Waals surface area contributed by atoms with Crippen LogP contribution in [0.25, 0.3) is 11.1 Å². The van der Waals surface area contributed by atoms with Crippen molar-refractivity contribution in [3.8, 4) is 16.9 Å². The van der Waals surface area contributed by atoms with Crippen molar-refractivity contribution in [1.82, 2.24) is 4.90 Å². The molecule has 1 heterocycles. The van der Waals surface area contributed by atoms with E-state index in [2.05, 4.69) is 12.1 Å². The molecule has 5 rings (SSSR count). The maximum atomic E-state index is 13.6. The molecule has 0 unspecified atom stereocenters. The predicted molar refractivity (Wildman–Crippen MR) is 144 cm³/mol. The summed E-state index contributed by atoms with van der Waals surface area (Å²) < 4.78 is 5.70. The summed E-state index contributed by atoms with van der Waals surface area (Å²) in [5.41, 5.74) is 2.21. The fourth-order valence-electron chi connectivity index (χ4n) is 5.15. The molecule has 6 nitrogen and oxygen atoms in total. The number of aliphatic carboxylic acids is 1. The summed E-state index contributed by atoms with van der Waals surface area (Å²) in [6, 6.07) is 25.7. The Bertz CT molecular complexity index is 1320. The Kier molecular flexibility index (Phi) is 6.59. The van der Waals surface area contributed by atoms with Crippen molar-refractivity contribution >= 4 is 17.7 Å². The third-order valence-electron chi connectivity index (χ3n) is 7.28. The number of ether oxygens (including phenoxy) is 1. The molecule has 0 saturated heterocycles. The van der Waals surface area contributed by atoms with E-state index in [4.69, 9.17) is 9.73 Å². The highest BCUT2D eigenvalue weighted by Gasteiger charge is 2.49. The van der Waals surface area contributed by atoms with Gasteiger partial charge in [0.05, 0.1) is 6.54 Å². The van der Waals surface area contributed by atoms with Gasteiger partial charge in [-0.2, -0.15) is 0 Å². The van der Waals surface area contributed by atoms with Gasteiger partial charge >= 0.3 is 5.97 Å². The van der Waals surface area contributed by atoms with E-state index in [0.717, 1.165) is 53.8 Å². The van der Waals surface area contributed by atoms with Gasteiger partial charge in [0.15, 0.2) is 5.60 Å². The summed E-state index contributed by atoms with van der Waals surface area (Å²) in [5, 5.41) is 9.36. The number of carbonyl (C=O) groups excluding carboxylic acids is 1. The maximum Gasteiger partial charge on any atom is 0.347 e. The third-order valence-corrected chi connectivity index (χ3v) is 7.28. The first-order valence-electron chi connectivity index (χ1n) is 12.8. The van der Waals surface area contributed by atoms with Crippen LogP contribution in [0.4, 0.5) is 0 Å². The summed E-state index contributed by atoms with van der Waals surface area (Å²) in [7, 11) is 0. The van der Waals surface area contributed by atoms with E-state index in [0.29, 0.717) is 18.7 Å². The third kappa shape index (κ3) is 5.15. The summed E-state index contributed by atoms with van der Waals surface area (Å²) in [6.45, 7) is 3.55. The minimum Gasteiger partial charge on any atom is -0.478 e. The number of amides is 1. The second-order valence-electron chi connectivity index (χ2n) is 10.5. The van der Waals surface area contributed by atoms with Crippen LogP contribution in [-0.2, 0) is 22.6 Å². The number of carbonyl (C=O) groups is 2. The molecule has 3 aromatic rings. The van der Waals surface area contributed by atoms with E-state index in [1.165, 1.54) is 13.8 Å². The quantitative estimate of drug-likeness (QED) is 0.422. The normalized spacial score (nSPS) is 16.8. The van der Waals surface area contributed by atoms with Crippen LogP contribution in [-0.4, -0.2) is 38.9 Å². The molecule has 1 spiro atoms. The van der Waals surface area contributed by atoms with E-state index < -0.39 is 17.1 Å². The minimum absolute atomic E-state index is 0.130. The molecule has 1 aliphatic carbocycles. The lowest BCUT2D eigenvalue weighted by molar-refractivity contribution is -0.152. The van der Waals surface area contributed by atoms with E-state index in [-0.39, 0.29) is 5.91 Å². The van der Waals surface area contributed by atoms with Gasteiger partial charge in [0, 0.05) is 6.42 Å². The first-order chi connectivity index (χ1) is 17.8. The molecule has 37 heavy (non-hydrogen) atoms. The van der Waals surface area contributed by atoms with Crippen LogP contribution < -0.4 is 4.74 Å². The molecule has 190 valence electrons. The number of amidine groups is 1. The molecule has 1 saturated carbocycles. The molecule has 1 fully saturated rings. The number of benzene rings is 3. The monoisotopic (exact) mass is 496 g/mol. The van der Waals surface area contributed by atoms with Crippen LogP contribution in [0, 0.1) is 0 Å². The zero-order chi connectivity index (χ0) is 26.0. The standard InChI is InChI=1S/C31H32N2O4/c1-30(2,29(35)36)37-26-12-8-11-25(20-26)24-15-13-23(14-16-24)21-33-27(19-22-9-4-3-5-10-22)32-31(28(33)34)17-6-7-18-31/h3-5,8-16,20H,6-7,17-19,21H2,1-2H3,(H,35,36). The Balaban J connectivity index is 1.34. The topological polar surface area (TPSA) is 79.2 Å². The number of hydrogen-bond donors (Lipinski definition) is 1. The lowest BCUT2D eigenvalue weighted by Crippen LogP contribution is -2.41. The number of nitrogens with zero attached hydrogens (tertiary/aromatic N) is 2. The zero-order valence-electron chi connectivity index (χ0n) is 21.3. The summed E-state index contributed by atoms with van der Waals surface area (Å²) in [4.78, 5) is 31.9. The maximum absolute atomic E-state index is 13.6. The van der Waals surface area contributed by atoms with Crippen LogP contribution in [0.2, 0.25) is 0 Å². The minimum atomic E-state index is -1.32. The van der Waals surface area contributed by atoms with Gasteiger partial charge in [-0.3, -0.25) is 14.7 Å². The second kappa shape index (κ2) is 9.85. The van der Waals surface area contributed by atoms with Crippen LogP contribution in [0.3, 0.4) is 0 Å². The number of carboxylic acids is 1. The van der Waals surface area contributed by atoms with Gasteiger partial charge in [0.2, 0.25) is 0 Å². The largest absolute Gasteiger partial charge is 0.478 e. The van der Waals surface area contributed by atoms with Crippen LogP contribution in [0.15, 0.2) is 83.9 Å². The van der Waals surface area contributed by atoms with Crippen molar-refractivity contribution < 1.29 is 19.4 Å². The SMILES string of the molecule is CC(C)(Oc1cccc(-c2ccc(CN3C(=O)C4(CCCC4)N=C3Cc3ccccc3)cc2)c1)C(=O)O. The van der Waals surface area contributed by atoms with Gasteiger partial charge in [-0.05, 0) is 61.1 Å². The van der Waals surface area contributed by atoms with Crippen LogP contribution in [0.5, 0.6) is 5.75 Å². The van der Waals surface area contributed by atoms with Gasteiger partial charge in [0.1, 0.15) is 17.1 Å². The molecular formula is C31H32N2O4. The fourth-order valence-corrected chi connectivity index (χ4v) is 5.15. The number of aliphatic imine (C=N–C) groups is 1. The van der Waals surface area contributed by atoms with Crippen LogP contribution >= 0.6 is 0 Å². The summed E-state index contributed by atoms with van der Waals surface area (Å²) in [6.07, 6.45) is 4.39. The first-order valence-corrected chi connectivity index (χ1v) is 12.8. The lowest BCUT2D eigenvalue weighted by Gasteiger charge is -2.23. The average molecular weight is 497 g/mol. The first kappa shape index (κ1) is 24.8. The summed E-state index contributed by atoms with van der Waals surface area (Å²) in [5.74, 6) is 0.465. The van der Waals surface area contributed by atoms with Crippen molar-refractivity contribution in [2.24, 2.45) is 4.99 Å². The smallest absolute Gasteiger partial charge is 0.347 e. The Labute approximate surface area is 217 Å². The molecule has 0 atom stereocenters. The summed E-state index contributed by atoms with van der Waals surface area (Å²) >= 11 is 0. The van der Waals surface area contributed by atoms with Gasteiger partial charge in [-0.1, -0.05) is 79.6 Å². The molecular weight excluding hydrogens is 464 g/mol. The van der Waals surface area contributed by atoms with Crippen LogP contribution in [0.1, 0.15) is 50.7 Å². The van der Waals surface area contributed by atoms with E-state index >= 15 is 0 Å². The highest BCUT2D eigenvalue weighted by atomic mass is 16.5. The predicted octanol–water partition coefficient (Wildman–Crippen LogP) is 5.89. The molecule has 1 N–H and O–H groups in total.